The second-order valence-corrected chi connectivity index (χ2v) is 7.21. The fourth-order valence-electron chi connectivity index (χ4n) is 3.47. The molecule has 0 unspecified atom stereocenters. The van der Waals surface area contributed by atoms with Crippen molar-refractivity contribution >= 4 is 28.3 Å². The number of carbonyl (C=O) groups is 1. The first kappa shape index (κ1) is 16.2. The quantitative estimate of drug-likeness (QED) is 0.779. The zero-order chi connectivity index (χ0) is 17.2. The van der Waals surface area contributed by atoms with Crippen LogP contribution in [-0.2, 0) is 11.3 Å². The Kier molecular flexibility index (Phi) is 4.50. The third kappa shape index (κ3) is 3.17. The largest absolute Gasteiger partial charge is 0.378 e. The number of fused-ring (bicyclic) bond motifs is 1. The Morgan fingerprint density at radius 1 is 1.44 bits per heavy atom. The van der Waals surface area contributed by atoms with E-state index in [1.807, 2.05) is 16.3 Å². The number of piperidine rings is 1. The zero-order valence-corrected chi connectivity index (χ0v) is 14.9. The van der Waals surface area contributed by atoms with Crippen LogP contribution in [0.1, 0.15) is 39.8 Å². The third-order valence-electron chi connectivity index (χ3n) is 4.74. The maximum Gasteiger partial charge on any atom is 0.273 e. The normalized spacial score (nSPS) is 15.8. The molecule has 0 spiro atoms. The minimum Gasteiger partial charge on any atom is -0.378 e. The summed E-state index contributed by atoms with van der Waals surface area (Å²) in [7, 11) is 1.63. The molecule has 0 bridgehead atoms. The summed E-state index contributed by atoms with van der Waals surface area (Å²) >= 11 is 1.47. The van der Waals surface area contributed by atoms with E-state index in [2.05, 4.69) is 27.2 Å². The number of aromatic nitrogens is 3. The van der Waals surface area contributed by atoms with Gasteiger partial charge in [0.2, 0.25) is 0 Å². The standard InChI is InChI=1S/C18H20N4O2S/c1-24-10-16-21-15(11-25-16)18(23)22-7-4-12(5-8-22)14-9-20-17-13(14)3-2-6-19-17/h2-3,6,9,11-12H,4-5,7-8,10H2,1H3,(H,19,20). The molecule has 4 rings (SSSR count). The summed E-state index contributed by atoms with van der Waals surface area (Å²) in [5, 5.41) is 3.86. The Morgan fingerprint density at radius 3 is 3.08 bits per heavy atom. The number of aromatic amines is 1. The van der Waals surface area contributed by atoms with Gasteiger partial charge in [0.15, 0.2) is 0 Å². The molecule has 7 heteroatoms. The fraction of sp³-hybridized carbons (Fsp3) is 0.389. The number of nitrogens with zero attached hydrogens (tertiary/aromatic N) is 3. The van der Waals surface area contributed by atoms with E-state index in [4.69, 9.17) is 4.74 Å². The number of nitrogens with one attached hydrogen (secondary N) is 1. The van der Waals surface area contributed by atoms with Crippen LogP contribution in [0.3, 0.4) is 0 Å². The van der Waals surface area contributed by atoms with Crippen molar-refractivity contribution in [1.29, 1.82) is 0 Å². The van der Waals surface area contributed by atoms with E-state index < -0.39 is 0 Å². The van der Waals surface area contributed by atoms with Crippen molar-refractivity contribution in [3.8, 4) is 0 Å². The van der Waals surface area contributed by atoms with Crippen molar-refractivity contribution in [2.75, 3.05) is 20.2 Å². The van der Waals surface area contributed by atoms with E-state index in [0.717, 1.165) is 36.6 Å². The van der Waals surface area contributed by atoms with Gasteiger partial charge in [-0.3, -0.25) is 4.79 Å². The van der Waals surface area contributed by atoms with Crippen molar-refractivity contribution < 1.29 is 9.53 Å². The Balaban J connectivity index is 1.43. The number of hydrogen-bond donors (Lipinski definition) is 1. The molecule has 1 fully saturated rings. The van der Waals surface area contributed by atoms with Gasteiger partial charge in [0.25, 0.3) is 5.91 Å². The highest BCUT2D eigenvalue weighted by Crippen LogP contribution is 2.33. The van der Waals surface area contributed by atoms with Crippen molar-refractivity contribution in [3.05, 3.63) is 46.2 Å². The van der Waals surface area contributed by atoms with Crippen LogP contribution in [0.2, 0.25) is 0 Å². The molecular formula is C18H20N4O2S. The van der Waals surface area contributed by atoms with E-state index in [9.17, 15) is 4.79 Å². The van der Waals surface area contributed by atoms with Crippen LogP contribution in [0, 0.1) is 0 Å². The highest BCUT2D eigenvalue weighted by atomic mass is 32.1. The van der Waals surface area contributed by atoms with Gasteiger partial charge in [0.1, 0.15) is 16.3 Å². The van der Waals surface area contributed by atoms with Crippen LogP contribution >= 0.6 is 11.3 Å². The highest BCUT2D eigenvalue weighted by molar-refractivity contribution is 7.09. The van der Waals surface area contributed by atoms with Crippen molar-refractivity contribution in [2.45, 2.75) is 25.4 Å². The molecule has 1 amide bonds. The summed E-state index contributed by atoms with van der Waals surface area (Å²) in [4.78, 5) is 26.5. The second kappa shape index (κ2) is 6.93. The Labute approximate surface area is 149 Å². The molecule has 0 radical (unpaired) electrons. The lowest BCUT2D eigenvalue weighted by Crippen LogP contribution is -2.38. The fourth-order valence-corrected chi connectivity index (χ4v) is 4.21. The number of carbonyl (C=O) groups excluding carboxylic acids is 1. The van der Waals surface area contributed by atoms with Gasteiger partial charge in [-0.15, -0.1) is 11.3 Å². The third-order valence-corrected chi connectivity index (χ3v) is 5.57. The van der Waals surface area contributed by atoms with Gasteiger partial charge >= 0.3 is 0 Å². The molecule has 130 valence electrons. The minimum atomic E-state index is 0.0256. The van der Waals surface area contributed by atoms with Gasteiger partial charge in [-0.1, -0.05) is 0 Å². The maximum atomic E-state index is 12.6. The highest BCUT2D eigenvalue weighted by Gasteiger charge is 2.27. The number of thiazole rings is 1. The van der Waals surface area contributed by atoms with Crippen LogP contribution in [-0.4, -0.2) is 46.0 Å². The van der Waals surface area contributed by atoms with Crippen LogP contribution in [0.25, 0.3) is 11.0 Å². The van der Waals surface area contributed by atoms with Crippen LogP contribution in [0.4, 0.5) is 0 Å². The topological polar surface area (TPSA) is 71.1 Å². The lowest BCUT2D eigenvalue weighted by Gasteiger charge is -2.31. The summed E-state index contributed by atoms with van der Waals surface area (Å²) in [6, 6.07) is 4.08. The predicted molar refractivity (Wildman–Crippen MR) is 96.8 cm³/mol. The van der Waals surface area contributed by atoms with Gasteiger partial charge < -0.3 is 14.6 Å². The van der Waals surface area contributed by atoms with Gasteiger partial charge in [-0.2, -0.15) is 0 Å². The molecular weight excluding hydrogens is 336 g/mol. The second-order valence-electron chi connectivity index (χ2n) is 6.27. The van der Waals surface area contributed by atoms with E-state index in [-0.39, 0.29) is 5.91 Å². The van der Waals surface area contributed by atoms with E-state index >= 15 is 0 Å². The molecule has 1 aliphatic rings. The molecule has 0 aliphatic carbocycles. The molecule has 4 heterocycles. The lowest BCUT2D eigenvalue weighted by molar-refractivity contribution is 0.0707. The molecule has 3 aromatic rings. The smallest absolute Gasteiger partial charge is 0.273 e. The summed E-state index contributed by atoms with van der Waals surface area (Å²) in [6.07, 6.45) is 5.79. The molecule has 0 aromatic carbocycles. The van der Waals surface area contributed by atoms with Crippen LogP contribution < -0.4 is 0 Å². The molecule has 0 saturated carbocycles. The van der Waals surface area contributed by atoms with Gasteiger partial charge in [-0.05, 0) is 36.5 Å². The van der Waals surface area contributed by atoms with Gasteiger partial charge in [-0.25, -0.2) is 9.97 Å². The lowest BCUT2D eigenvalue weighted by atomic mass is 9.89. The molecule has 1 N–H and O–H groups in total. The maximum absolute atomic E-state index is 12.6. The number of likely N-dealkylation sites (tertiary alicyclic amines) is 1. The molecule has 1 aliphatic heterocycles. The SMILES string of the molecule is COCc1nc(C(=O)N2CCC(c3c[nH]c4ncccc34)CC2)cs1. The first-order chi connectivity index (χ1) is 12.3. The van der Waals surface area contributed by atoms with E-state index in [0.29, 0.717) is 18.2 Å². The molecule has 6 nitrogen and oxygen atoms in total. The summed E-state index contributed by atoms with van der Waals surface area (Å²) in [5.74, 6) is 0.485. The van der Waals surface area contributed by atoms with Crippen LogP contribution in [0.5, 0.6) is 0 Å². The van der Waals surface area contributed by atoms with Crippen molar-refractivity contribution in [2.24, 2.45) is 0 Å². The molecule has 3 aromatic heterocycles. The average molecular weight is 356 g/mol. The number of hydrogen-bond acceptors (Lipinski definition) is 5. The Morgan fingerprint density at radius 2 is 2.28 bits per heavy atom. The van der Waals surface area contributed by atoms with Gasteiger partial charge in [0.05, 0.1) is 6.61 Å². The number of pyridine rings is 1. The average Bonchev–Trinajstić information content (AvgIpc) is 3.29. The summed E-state index contributed by atoms with van der Waals surface area (Å²) < 4.78 is 5.07. The monoisotopic (exact) mass is 356 g/mol. The van der Waals surface area contributed by atoms with Gasteiger partial charge in [0, 0.05) is 43.4 Å². The van der Waals surface area contributed by atoms with E-state index in [1.165, 1.54) is 22.3 Å². The zero-order valence-electron chi connectivity index (χ0n) is 14.1. The Hall–Kier alpha value is -2.25. The first-order valence-corrected chi connectivity index (χ1v) is 9.29. The molecule has 1 saturated heterocycles. The Bertz CT molecular complexity index is 880. The summed E-state index contributed by atoms with van der Waals surface area (Å²) in [6.45, 7) is 1.97. The molecule has 0 atom stereocenters. The summed E-state index contributed by atoms with van der Waals surface area (Å²) in [5.41, 5.74) is 2.78. The minimum absolute atomic E-state index is 0.0256. The van der Waals surface area contributed by atoms with Crippen LogP contribution in [0.15, 0.2) is 29.9 Å². The number of methoxy groups -OCH3 is 1. The van der Waals surface area contributed by atoms with Crippen molar-refractivity contribution in [1.82, 2.24) is 19.9 Å². The number of rotatable bonds is 4. The first-order valence-electron chi connectivity index (χ1n) is 8.41. The predicted octanol–water partition coefficient (Wildman–Crippen LogP) is 3.19. The van der Waals surface area contributed by atoms with E-state index in [1.54, 1.807) is 13.3 Å². The van der Waals surface area contributed by atoms with Crippen molar-refractivity contribution in [3.63, 3.8) is 0 Å². The number of ether oxygens (including phenoxy) is 1. The molecule has 25 heavy (non-hydrogen) atoms. The number of H-pyrrole nitrogens is 1. The number of amides is 1.